The number of allylic oxidation sites excluding steroid dienone is 3. The summed E-state index contributed by atoms with van der Waals surface area (Å²) in [6, 6.07) is 9.78. The molecule has 37 heavy (non-hydrogen) atoms. The number of likely N-dealkylation sites (N-methyl/N-ethyl adjacent to an activating group) is 1. The van der Waals surface area contributed by atoms with E-state index in [0.717, 1.165) is 49.1 Å². The number of hydrogen-bond donors (Lipinski definition) is 3. The molecule has 1 unspecified atom stereocenters. The molecule has 2 amide bonds. The van der Waals surface area contributed by atoms with Crippen molar-refractivity contribution in [2.75, 3.05) is 27.2 Å². The SMILES string of the molecule is CN(C)CCNC(=O)NC(C[C@H]1CCC2=CC(=Nc3ccc(F)cc3)C(=CN)C[C@@]21C)c1cccnc1. The average molecular weight is 505 g/mol. The number of nitrogens with two attached hydrogens (primary N) is 1. The van der Waals surface area contributed by atoms with Crippen molar-refractivity contribution >= 4 is 17.4 Å². The van der Waals surface area contributed by atoms with Crippen molar-refractivity contribution in [1.82, 2.24) is 20.5 Å². The van der Waals surface area contributed by atoms with E-state index in [2.05, 4.69) is 28.6 Å². The summed E-state index contributed by atoms with van der Waals surface area (Å²) in [7, 11) is 3.96. The molecule has 0 saturated heterocycles. The quantitative estimate of drug-likeness (QED) is 0.478. The van der Waals surface area contributed by atoms with Gasteiger partial charge in [0.15, 0.2) is 0 Å². The summed E-state index contributed by atoms with van der Waals surface area (Å²) in [5.74, 6) is 0.0586. The molecule has 4 rings (SSSR count). The Morgan fingerprint density at radius 1 is 1.32 bits per heavy atom. The number of urea groups is 1. The fourth-order valence-corrected chi connectivity index (χ4v) is 5.46. The minimum absolute atomic E-state index is 0.0867. The Bertz CT molecular complexity index is 1170. The molecule has 2 aliphatic carbocycles. The second-order valence-corrected chi connectivity index (χ2v) is 10.4. The summed E-state index contributed by atoms with van der Waals surface area (Å²) in [5.41, 5.74) is 10.9. The lowest BCUT2D eigenvalue weighted by Crippen LogP contribution is -2.42. The normalized spacial score (nSPS) is 24.1. The van der Waals surface area contributed by atoms with Crippen LogP contribution >= 0.6 is 0 Å². The number of amides is 2. The molecule has 0 aliphatic heterocycles. The molecule has 0 bridgehead atoms. The van der Waals surface area contributed by atoms with Crippen molar-refractivity contribution in [3.05, 3.63) is 83.6 Å². The number of aliphatic imine (C=N–C) groups is 1. The third-order valence-electron chi connectivity index (χ3n) is 7.63. The third kappa shape index (κ3) is 6.43. The number of benzene rings is 1. The predicted octanol–water partition coefficient (Wildman–Crippen LogP) is 4.87. The zero-order chi connectivity index (χ0) is 26.4. The van der Waals surface area contributed by atoms with Crippen LogP contribution in [0.1, 0.15) is 44.2 Å². The molecule has 2 aromatic rings. The molecule has 4 N–H and O–H groups in total. The zero-order valence-electron chi connectivity index (χ0n) is 21.9. The van der Waals surface area contributed by atoms with Gasteiger partial charge in [0.1, 0.15) is 5.82 Å². The molecule has 1 aromatic carbocycles. The Morgan fingerprint density at radius 3 is 2.78 bits per heavy atom. The van der Waals surface area contributed by atoms with Crippen LogP contribution in [-0.2, 0) is 0 Å². The van der Waals surface area contributed by atoms with Crippen LogP contribution in [0.5, 0.6) is 0 Å². The number of carbonyl (C=O) groups is 1. The highest BCUT2D eigenvalue weighted by Gasteiger charge is 2.46. The Balaban J connectivity index is 1.55. The highest BCUT2D eigenvalue weighted by molar-refractivity contribution is 6.11. The van der Waals surface area contributed by atoms with Gasteiger partial charge < -0.3 is 21.3 Å². The summed E-state index contributed by atoms with van der Waals surface area (Å²) in [6.07, 6.45) is 10.9. The van der Waals surface area contributed by atoms with Gasteiger partial charge in [-0.2, -0.15) is 0 Å². The van der Waals surface area contributed by atoms with Crippen molar-refractivity contribution in [1.29, 1.82) is 0 Å². The van der Waals surface area contributed by atoms with Crippen LogP contribution in [0.4, 0.5) is 14.9 Å². The topological polar surface area (TPSA) is 95.6 Å². The lowest BCUT2D eigenvalue weighted by molar-refractivity contribution is 0.216. The van der Waals surface area contributed by atoms with E-state index in [9.17, 15) is 9.18 Å². The van der Waals surface area contributed by atoms with Crippen LogP contribution in [0.2, 0.25) is 0 Å². The van der Waals surface area contributed by atoms with E-state index < -0.39 is 0 Å². The summed E-state index contributed by atoms with van der Waals surface area (Å²) in [5, 5.41) is 6.16. The first-order chi connectivity index (χ1) is 17.8. The lowest BCUT2D eigenvalue weighted by atomic mass is 9.67. The van der Waals surface area contributed by atoms with Gasteiger partial charge in [0.25, 0.3) is 0 Å². The number of fused-ring (bicyclic) bond motifs is 1. The molecule has 8 heteroatoms. The molecule has 3 atom stereocenters. The first-order valence-electron chi connectivity index (χ1n) is 12.8. The van der Waals surface area contributed by atoms with Crippen molar-refractivity contribution in [2.45, 2.75) is 38.6 Å². The van der Waals surface area contributed by atoms with E-state index in [1.807, 2.05) is 37.3 Å². The van der Waals surface area contributed by atoms with E-state index in [4.69, 9.17) is 10.7 Å². The van der Waals surface area contributed by atoms with Gasteiger partial charge in [-0.1, -0.05) is 18.6 Å². The first kappa shape index (κ1) is 26.5. The molecule has 7 nitrogen and oxygen atoms in total. The number of nitrogens with zero attached hydrogens (tertiary/aromatic N) is 3. The molecular weight excluding hydrogens is 467 g/mol. The minimum atomic E-state index is -0.282. The second kappa shape index (κ2) is 11.7. The number of rotatable bonds is 8. The summed E-state index contributed by atoms with van der Waals surface area (Å²) < 4.78 is 13.3. The smallest absolute Gasteiger partial charge is 0.315 e. The van der Waals surface area contributed by atoms with Gasteiger partial charge in [-0.05, 0) is 105 Å². The fraction of sp³-hybridized carbons (Fsp3) is 0.414. The summed E-state index contributed by atoms with van der Waals surface area (Å²) in [6.45, 7) is 3.65. The molecule has 1 heterocycles. The van der Waals surface area contributed by atoms with E-state index in [0.29, 0.717) is 18.2 Å². The third-order valence-corrected chi connectivity index (χ3v) is 7.63. The van der Waals surface area contributed by atoms with Gasteiger partial charge in [-0.25, -0.2) is 14.2 Å². The maximum atomic E-state index is 13.3. The number of halogens is 1. The van der Waals surface area contributed by atoms with E-state index in [1.54, 1.807) is 24.5 Å². The maximum Gasteiger partial charge on any atom is 0.315 e. The number of hydrogen-bond acceptors (Lipinski definition) is 5. The fourth-order valence-electron chi connectivity index (χ4n) is 5.46. The van der Waals surface area contributed by atoms with E-state index in [1.165, 1.54) is 17.7 Å². The van der Waals surface area contributed by atoms with E-state index >= 15 is 0 Å². The Hall–Kier alpha value is -3.52. The van der Waals surface area contributed by atoms with Gasteiger partial charge in [-0.15, -0.1) is 0 Å². The summed E-state index contributed by atoms with van der Waals surface area (Å²) in [4.78, 5) is 23.8. The molecule has 0 radical (unpaired) electrons. The number of aromatic nitrogens is 1. The van der Waals surface area contributed by atoms with Gasteiger partial charge >= 0.3 is 6.03 Å². The molecule has 1 aromatic heterocycles. The molecule has 0 spiro atoms. The first-order valence-corrected chi connectivity index (χ1v) is 12.8. The predicted molar refractivity (Wildman–Crippen MR) is 146 cm³/mol. The molecule has 196 valence electrons. The number of nitrogens with one attached hydrogen (secondary N) is 2. The van der Waals surface area contributed by atoms with Crippen LogP contribution in [0.15, 0.2) is 77.2 Å². The van der Waals surface area contributed by atoms with Gasteiger partial charge in [0.05, 0.1) is 17.4 Å². The van der Waals surface area contributed by atoms with Crippen LogP contribution in [0.3, 0.4) is 0 Å². The summed E-state index contributed by atoms with van der Waals surface area (Å²) >= 11 is 0. The maximum absolute atomic E-state index is 13.3. The minimum Gasteiger partial charge on any atom is -0.404 e. The van der Waals surface area contributed by atoms with Crippen LogP contribution in [0.25, 0.3) is 0 Å². The molecule has 1 saturated carbocycles. The highest BCUT2D eigenvalue weighted by atomic mass is 19.1. The van der Waals surface area contributed by atoms with Crippen LogP contribution in [-0.4, -0.2) is 48.8 Å². The number of pyridine rings is 1. The molecular formula is C29H37FN6O. The van der Waals surface area contributed by atoms with Gasteiger partial charge in [0, 0.05) is 25.5 Å². The van der Waals surface area contributed by atoms with Crippen molar-refractivity contribution in [2.24, 2.45) is 22.1 Å². The second-order valence-electron chi connectivity index (χ2n) is 10.4. The number of carbonyl (C=O) groups excluding carboxylic acids is 1. The Labute approximate surface area is 218 Å². The van der Waals surface area contributed by atoms with Crippen LogP contribution in [0, 0.1) is 17.2 Å². The largest absolute Gasteiger partial charge is 0.404 e. The van der Waals surface area contributed by atoms with Gasteiger partial charge in [-0.3, -0.25) is 4.98 Å². The van der Waals surface area contributed by atoms with Crippen molar-refractivity contribution in [3.8, 4) is 0 Å². The van der Waals surface area contributed by atoms with Crippen molar-refractivity contribution < 1.29 is 9.18 Å². The standard InChI is InChI=1S/C29H37FN6O/c1-29-17-21(18-31)27(34-25-10-8-24(30)9-11-25)16-23(29)7-6-22(29)15-26(20-5-4-12-32-19-20)35-28(37)33-13-14-36(2)3/h4-5,8-12,16,18-19,22,26H,6-7,13-15,17,31H2,1-3H3,(H2,33,35,37)/t22-,26?,29-/m1/s1. The van der Waals surface area contributed by atoms with Crippen LogP contribution < -0.4 is 16.4 Å². The average Bonchev–Trinajstić information content (AvgIpc) is 3.19. The highest BCUT2D eigenvalue weighted by Crippen LogP contribution is 2.56. The lowest BCUT2D eigenvalue weighted by Gasteiger charge is -2.39. The zero-order valence-corrected chi connectivity index (χ0v) is 21.9. The van der Waals surface area contributed by atoms with E-state index in [-0.39, 0.29) is 23.3 Å². The molecule has 1 fully saturated rings. The monoisotopic (exact) mass is 504 g/mol. The Kier molecular flexibility index (Phi) is 8.38. The van der Waals surface area contributed by atoms with Crippen molar-refractivity contribution in [3.63, 3.8) is 0 Å². The van der Waals surface area contributed by atoms with Gasteiger partial charge in [0.2, 0.25) is 0 Å². The Morgan fingerprint density at radius 2 is 2.11 bits per heavy atom. The molecule has 2 aliphatic rings.